The highest BCUT2D eigenvalue weighted by Crippen LogP contribution is 2.18. The minimum atomic E-state index is -0.299. The molecule has 0 bridgehead atoms. The van der Waals surface area contributed by atoms with E-state index < -0.39 is 0 Å². The number of aromatic nitrogens is 1. The first-order chi connectivity index (χ1) is 10.1. The van der Waals surface area contributed by atoms with Crippen molar-refractivity contribution >= 4 is 28.5 Å². The van der Waals surface area contributed by atoms with Gasteiger partial charge in [-0.1, -0.05) is 6.07 Å². The van der Waals surface area contributed by atoms with Gasteiger partial charge in [-0.3, -0.25) is 9.78 Å². The molecular formula is C15H14FIN2O2. The van der Waals surface area contributed by atoms with Crippen LogP contribution in [0.3, 0.4) is 0 Å². The zero-order chi connectivity index (χ0) is 15.2. The van der Waals surface area contributed by atoms with E-state index in [4.69, 9.17) is 5.11 Å². The van der Waals surface area contributed by atoms with Crippen molar-refractivity contribution in [2.75, 3.05) is 13.2 Å². The predicted molar refractivity (Wildman–Crippen MR) is 85.6 cm³/mol. The zero-order valence-electron chi connectivity index (χ0n) is 11.1. The zero-order valence-corrected chi connectivity index (χ0v) is 13.3. The molecule has 0 aliphatic heterocycles. The molecule has 0 aliphatic rings. The number of nitrogens with zero attached hydrogens (tertiary/aromatic N) is 1. The van der Waals surface area contributed by atoms with Crippen LogP contribution in [0.1, 0.15) is 21.5 Å². The van der Waals surface area contributed by atoms with E-state index in [1.807, 2.05) is 28.7 Å². The van der Waals surface area contributed by atoms with Crippen molar-refractivity contribution in [2.45, 2.75) is 6.42 Å². The first-order valence-electron chi connectivity index (χ1n) is 6.37. The van der Waals surface area contributed by atoms with Crippen molar-refractivity contribution in [3.8, 4) is 0 Å². The molecule has 0 radical (unpaired) electrons. The molecule has 21 heavy (non-hydrogen) atoms. The maximum absolute atomic E-state index is 13.9. The van der Waals surface area contributed by atoms with Gasteiger partial charge in [-0.2, -0.15) is 0 Å². The summed E-state index contributed by atoms with van der Waals surface area (Å²) in [6.07, 6.45) is 3.37. The van der Waals surface area contributed by atoms with Gasteiger partial charge in [0.2, 0.25) is 0 Å². The van der Waals surface area contributed by atoms with E-state index in [1.165, 1.54) is 12.3 Å². The Labute approximate surface area is 135 Å². The van der Waals surface area contributed by atoms with Crippen molar-refractivity contribution in [1.29, 1.82) is 0 Å². The normalized spacial score (nSPS) is 10.4. The Morgan fingerprint density at radius 3 is 2.86 bits per heavy atom. The minimum absolute atomic E-state index is 0.127. The molecule has 0 aliphatic carbocycles. The largest absolute Gasteiger partial charge is 0.395 e. The summed E-state index contributed by atoms with van der Waals surface area (Å²) in [5.74, 6) is -0.597. The summed E-state index contributed by atoms with van der Waals surface area (Å²) in [7, 11) is 0. The summed E-state index contributed by atoms with van der Waals surface area (Å²) in [5, 5.41) is 11.3. The van der Waals surface area contributed by atoms with Gasteiger partial charge in [-0.25, -0.2) is 4.39 Å². The number of amides is 1. The average molecular weight is 400 g/mol. The number of aliphatic hydroxyl groups is 1. The van der Waals surface area contributed by atoms with Crippen LogP contribution in [0.5, 0.6) is 0 Å². The minimum Gasteiger partial charge on any atom is -0.395 e. The summed E-state index contributed by atoms with van der Waals surface area (Å²) in [4.78, 5) is 16.0. The van der Waals surface area contributed by atoms with Crippen LogP contribution in [0, 0.1) is 9.39 Å². The highest BCUT2D eigenvalue weighted by atomic mass is 127. The van der Waals surface area contributed by atoms with E-state index >= 15 is 0 Å². The molecule has 0 atom stereocenters. The van der Waals surface area contributed by atoms with Gasteiger partial charge in [0, 0.05) is 34.5 Å². The number of hydrogen-bond acceptors (Lipinski definition) is 3. The summed E-state index contributed by atoms with van der Waals surface area (Å²) < 4.78 is 14.7. The first kappa shape index (κ1) is 15.8. The molecule has 0 saturated carbocycles. The molecule has 2 N–H and O–H groups in total. The third-order valence-corrected chi connectivity index (χ3v) is 3.61. The molecule has 0 unspecified atom stereocenters. The smallest absolute Gasteiger partial charge is 0.251 e. The van der Waals surface area contributed by atoms with Gasteiger partial charge in [0.15, 0.2) is 0 Å². The van der Waals surface area contributed by atoms with Gasteiger partial charge in [0.1, 0.15) is 5.82 Å². The van der Waals surface area contributed by atoms with E-state index in [-0.39, 0.29) is 24.9 Å². The van der Waals surface area contributed by atoms with Crippen molar-refractivity contribution in [3.63, 3.8) is 0 Å². The second-order valence-corrected chi connectivity index (χ2v) is 5.67. The lowest BCUT2D eigenvalue weighted by molar-refractivity contribution is 0.0944. The van der Waals surface area contributed by atoms with E-state index in [2.05, 4.69) is 10.3 Å². The van der Waals surface area contributed by atoms with Gasteiger partial charge in [-0.15, -0.1) is 0 Å². The monoisotopic (exact) mass is 400 g/mol. The second-order valence-electron chi connectivity index (χ2n) is 4.42. The van der Waals surface area contributed by atoms with Crippen LogP contribution in [-0.4, -0.2) is 29.1 Å². The van der Waals surface area contributed by atoms with E-state index in [1.54, 1.807) is 18.3 Å². The Balaban J connectivity index is 2.26. The van der Waals surface area contributed by atoms with Gasteiger partial charge in [-0.05, 0) is 51.9 Å². The van der Waals surface area contributed by atoms with Crippen LogP contribution in [0.2, 0.25) is 0 Å². The molecule has 110 valence electrons. The third kappa shape index (κ3) is 4.21. The van der Waals surface area contributed by atoms with E-state index in [0.29, 0.717) is 23.1 Å². The number of hydrogen-bond donors (Lipinski definition) is 2. The van der Waals surface area contributed by atoms with Crippen LogP contribution in [-0.2, 0) is 6.42 Å². The number of halogens is 2. The first-order valence-corrected chi connectivity index (χ1v) is 7.45. The Morgan fingerprint density at radius 2 is 2.14 bits per heavy atom. The fourth-order valence-corrected chi connectivity index (χ4v) is 2.38. The molecule has 2 aromatic rings. The van der Waals surface area contributed by atoms with Gasteiger partial charge < -0.3 is 10.4 Å². The maximum Gasteiger partial charge on any atom is 0.251 e. The summed E-state index contributed by atoms with van der Waals surface area (Å²) >= 11 is 2.05. The quantitative estimate of drug-likeness (QED) is 0.757. The Bertz CT molecular complexity index is 649. The lowest BCUT2D eigenvalue weighted by Gasteiger charge is -2.10. The van der Waals surface area contributed by atoms with Gasteiger partial charge >= 0.3 is 0 Å². The number of carbonyl (C=O) groups excluding carboxylic acids is 1. The summed E-state index contributed by atoms with van der Waals surface area (Å²) in [6.45, 7) is 0.0520. The molecule has 4 nitrogen and oxygen atoms in total. The molecule has 0 spiro atoms. The Hall–Kier alpha value is -1.54. The van der Waals surface area contributed by atoms with Crippen LogP contribution in [0.4, 0.5) is 4.39 Å². The Morgan fingerprint density at radius 1 is 1.33 bits per heavy atom. The maximum atomic E-state index is 13.9. The van der Waals surface area contributed by atoms with Crippen molar-refractivity contribution in [2.24, 2.45) is 0 Å². The number of nitrogens with one attached hydrogen (secondary N) is 1. The van der Waals surface area contributed by atoms with Gasteiger partial charge in [0.25, 0.3) is 5.91 Å². The lowest BCUT2D eigenvalue weighted by atomic mass is 10.0. The standard InChI is InChI=1S/C15H14FIN2O2/c16-14-8-12(17)2-1-10(14)7-11-9-18-4-3-13(11)15(21)19-5-6-20/h1-4,8-9,20H,5-7H2,(H,19,21). The molecule has 0 saturated heterocycles. The molecule has 1 heterocycles. The Kier molecular flexibility index (Phi) is 5.63. The average Bonchev–Trinajstić information content (AvgIpc) is 2.48. The lowest BCUT2D eigenvalue weighted by Crippen LogP contribution is -2.27. The number of pyridine rings is 1. The van der Waals surface area contributed by atoms with E-state index in [9.17, 15) is 9.18 Å². The van der Waals surface area contributed by atoms with Crippen molar-refractivity contribution < 1.29 is 14.3 Å². The molecule has 1 aromatic heterocycles. The van der Waals surface area contributed by atoms with Crippen LogP contribution in [0.25, 0.3) is 0 Å². The van der Waals surface area contributed by atoms with Crippen LogP contribution in [0.15, 0.2) is 36.7 Å². The number of benzene rings is 1. The van der Waals surface area contributed by atoms with Crippen LogP contribution < -0.4 is 5.32 Å². The fourth-order valence-electron chi connectivity index (χ4n) is 1.92. The summed E-state index contributed by atoms with van der Waals surface area (Å²) in [5.41, 5.74) is 1.60. The van der Waals surface area contributed by atoms with Crippen LogP contribution >= 0.6 is 22.6 Å². The van der Waals surface area contributed by atoms with Gasteiger partial charge in [0.05, 0.1) is 6.61 Å². The van der Waals surface area contributed by atoms with Crippen molar-refractivity contribution in [1.82, 2.24) is 10.3 Å². The molecular weight excluding hydrogens is 386 g/mol. The molecule has 6 heteroatoms. The third-order valence-electron chi connectivity index (χ3n) is 2.94. The molecule has 0 fully saturated rings. The summed E-state index contributed by atoms with van der Waals surface area (Å²) in [6, 6.07) is 6.57. The van der Waals surface area contributed by atoms with E-state index in [0.717, 1.165) is 3.57 Å². The number of carbonyl (C=O) groups is 1. The molecule has 1 aromatic carbocycles. The fraction of sp³-hybridized carbons (Fsp3) is 0.200. The highest BCUT2D eigenvalue weighted by molar-refractivity contribution is 14.1. The SMILES string of the molecule is O=C(NCCO)c1ccncc1Cc1ccc(I)cc1F. The topological polar surface area (TPSA) is 62.2 Å². The number of aliphatic hydroxyl groups excluding tert-OH is 1. The predicted octanol–water partition coefficient (Wildman–Crippen LogP) is 2.14. The number of rotatable bonds is 5. The van der Waals surface area contributed by atoms with Crippen molar-refractivity contribution in [3.05, 3.63) is 62.7 Å². The molecule has 1 amide bonds. The molecule has 2 rings (SSSR count). The second kappa shape index (κ2) is 7.46. The highest BCUT2D eigenvalue weighted by Gasteiger charge is 2.13.